The molecule has 0 aliphatic rings. The van der Waals surface area contributed by atoms with Crippen LogP contribution in [-0.2, 0) is 10.0 Å². The molecule has 0 aromatic heterocycles. The van der Waals surface area contributed by atoms with Crippen LogP contribution in [0.4, 0.5) is 0 Å². The van der Waals surface area contributed by atoms with Crippen molar-refractivity contribution >= 4 is 21.6 Å². The molecule has 21 heavy (non-hydrogen) atoms. The summed E-state index contributed by atoms with van der Waals surface area (Å²) in [4.78, 5) is 1.96. The monoisotopic (exact) mass is 330 g/mol. The first-order valence-electron chi connectivity index (χ1n) is 6.29. The van der Waals surface area contributed by atoms with Crippen molar-refractivity contribution in [2.24, 2.45) is 0 Å². The molecule has 0 unspecified atom stereocenters. The van der Waals surface area contributed by atoms with Gasteiger partial charge >= 0.3 is 0 Å². The first-order valence-corrected chi connectivity index (χ1v) is 8.11. The molecule has 7 heteroatoms. The predicted molar refractivity (Wildman–Crippen MR) is 83.8 cm³/mol. The molecule has 0 aliphatic carbocycles. The summed E-state index contributed by atoms with van der Waals surface area (Å²) in [5, 5.41) is 8.77. The fourth-order valence-electron chi connectivity index (χ4n) is 1.56. The fourth-order valence-corrected chi connectivity index (χ4v) is 3.23. The topological polar surface area (TPSA) is 60.9 Å². The lowest BCUT2D eigenvalue weighted by molar-refractivity contribution is 0.350. The number of rotatable bonds is 5. The Kier molecular flexibility index (Phi) is 6.65. The van der Waals surface area contributed by atoms with Crippen LogP contribution in [0.2, 0.25) is 5.02 Å². The minimum absolute atomic E-state index is 0.0555. The highest BCUT2D eigenvalue weighted by Crippen LogP contribution is 2.24. The van der Waals surface area contributed by atoms with Crippen LogP contribution in [0.1, 0.15) is 5.56 Å². The predicted octanol–water partition coefficient (Wildman–Crippen LogP) is 0.866. The molecule has 0 fully saturated rings. The van der Waals surface area contributed by atoms with E-state index < -0.39 is 10.0 Å². The molecule has 116 valence electrons. The number of likely N-dealkylation sites (N-methyl/N-ethyl adjacent to an activating group) is 2. The van der Waals surface area contributed by atoms with Crippen molar-refractivity contribution in [3.05, 3.63) is 28.8 Å². The van der Waals surface area contributed by atoms with E-state index in [1.807, 2.05) is 19.0 Å². The summed E-state index contributed by atoms with van der Waals surface area (Å²) < 4.78 is 26.1. The molecule has 0 saturated carbocycles. The van der Waals surface area contributed by atoms with Gasteiger partial charge in [-0.25, -0.2) is 8.42 Å². The molecule has 0 aliphatic heterocycles. The van der Waals surface area contributed by atoms with E-state index in [1.54, 1.807) is 6.07 Å². The molecule has 1 rings (SSSR count). The Balaban J connectivity index is 3.03. The van der Waals surface area contributed by atoms with E-state index in [1.165, 1.54) is 23.5 Å². The third kappa shape index (κ3) is 4.99. The zero-order chi connectivity index (χ0) is 16.0. The minimum Gasteiger partial charge on any atom is -0.384 e. The molecular formula is C14H19ClN2O3S. The molecule has 5 nitrogen and oxygen atoms in total. The molecule has 1 aromatic carbocycles. The number of hydrogen-bond donors (Lipinski definition) is 1. The van der Waals surface area contributed by atoms with Gasteiger partial charge < -0.3 is 10.0 Å². The van der Waals surface area contributed by atoms with Crippen LogP contribution in [-0.4, -0.2) is 63.6 Å². The largest absolute Gasteiger partial charge is 0.384 e. The van der Waals surface area contributed by atoms with Crippen LogP contribution < -0.4 is 0 Å². The number of nitrogens with zero attached hydrogens (tertiary/aromatic N) is 2. The van der Waals surface area contributed by atoms with E-state index in [4.69, 9.17) is 16.7 Å². The highest BCUT2D eigenvalue weighted by molar-refractivity contribution is 7.89. The smallest absolute Gasteiger partial charge is 0.244 e. The van der Waals surface area contributed by atoms with E-state index in [0.29, 0.717) is 18.7 Å². The Hall–Kier alpha value is -1.10. The molecule has 0 amide bonds. The van der Waals surface area contributed by atoms with Crippen molar-refractivity contribution in [2.45, 2.75) is 4.90 Å². The van der Waals surface area contributed by atoms with E-state index >= 15 is 0 Å². The Morgan fingerprint density at radius 3 is 2.43 bits per heavy atom. The lowest BCUT2D eigenvalue weighted by atomic mass is 10.2. The summed E-state index contributed by atoms with van der Waals surface area (Å²) >= 11 is 6.05. The maximum absolute atomic E-state index is 12.4. The zero-order valence-electron chi connectivity index (χ0n) is 12.3. The average Bonchev–Trinajstić information content (AvgIpc) is 2.42. The lowest BCUT2D eigenvalue weighted by Gasteiger charge is -2.20. The van der Waals surface area contributed by atoms with E-state index in [9.17, 15) is 8.42 Å². The Morgan fingerprint density at radius 1 is 1.24 bits per heavy atom. The number of aliphatic hydroxyl groups is 1. The van der Waals surface area contributed by atoms with Crippen LogP contribution in [0, 0.1) is 11.8 Å². The molecular weight excluding hydrogens is 312 g/mol. The van der Waals surface area contributed by atoms with Gasteiger partial charge in [-0.3, -0.25) is 0 Å². The first kappa shape index (κ1) is 18.0. The number of aliphatic hydroxyl groups excluding tert-OH is 1. The SMILES string of the molecule is CN(C)CCN(C)S(=O)(=O)c1ccc(C#CCO)cc1Cl. The lowest BCUT2D eigenvalue weighted by Crippen LogP contribution is -2.33. The van der Waals surface area contributed by atoms with Gasteiger partial charge in [-0.05, 0) is 32.3 Å². The van der Waals surface area contributed by atoms with Gasteiger partial charge in [0, 0.05) is 25.7 Å². The van der Waals surface area contributed by atoms with Gasteiger partial charge in [-0.15, -0.1) is 0 Å². The number of halogens is 1. The Labute approximate surface area is 131 Å². The second kappa shape index (κ2) is 7.78. The maximum atomic E-state index is 12.4. The second-order valence-corrected chi connectivity index (χ2v) is 7.16. The van der Waals surface area contributed by atoms with Crippen LogP contribution in [0.3, 0.4) is 0 Å². The Morgan fingerprint density at radius 2 is 1.90 bits per heavy atom. The summed E-state index contributed by atoms with van der Waals surface area (Å²) in [6, 6.07) is 4.49. The molecule has 1 aromatic rings. The van der Waals surface area contributed by atoms with Crippen LogP contribution >= 0.6 is 11.6 Å². The van der Waals surface area contributed by atoms with Crippen molar-refractivity contribution < 1.29 is 13.5 Å². The molecule has 0 bridgehead atoms. The van der Waals surface area contributed by atoms with E-state index in [-0.39, 0.29) is 16.5 Å². The van der Waals surface area contributed by atoms with Crippen molar-refractivity contribution in [3.8, 4) is 11.8 Å². The molecule has 0 saturated heterocycles. The normalized spacial score (nSPS) is 11.6. The third-order valence-electron chi connectivity index (χ3n) is 2.79. The summed E-state index contributed by atoms with van der Waals surface area (Å²) in [6.45, 7) is 0.732. The standard InChI is InChI=1S/C14H19ClN2O3S/c1-16(2)8-9-17(3)21(19,20)14-7-6-12(5-4-10-18)11-13(14)15/h6-7,11,18H,8-10H2,1-3H3. The van der Waals surface area contributed by atoms with Crippen molar-refractivity contribution in [2.75, 3.05) is 40.8 Å². The number of hydrogen-bond acceptors (Lipinski definition) is 4. The Bertz CT molecular complexity index is 648. The fraction of sp³-hybridized carbons (Fsp3) is 0.429. The summed E-state index contributed by atoms with van der Waals surface area (Å²) in [5.41, 5.74) is 0.559. The van der Waals surface area contributed by atoms with Gasteiger partial charge in [0.1, 0.15) is 11.5 Å². The van der Waals surface area contributed by atoms with Gasteiger partial charge in [-0.2, -0.15) is 4.31 Å². The summed E-state index contributed by atoms with van der Waals surface area (Å²) in [6.07, 6.45) is 0. The summed E-state index contributed by atoms with van der Waals surface area (Å²) in [7, 11) is 1.65. The molecule has 0 radical (unpaired) electrons. The average molecular weight is 331 g/mol. The zero-order valence-corrected chi connectivity index (χ0v) is 13.9. The maximum Gasteiger partial charge on any atom is 0.244 e. The van der Waals surface area contributed by atoms with Gasteiger partial charge in [-0.1, -0.05) is 23.4 Å². The molecule has 0 spiro atoms. The quantitative estimate of drug-likeness (QED) is 0.814. The minimum atomic E-state index is -3.63. The van der Waals surface area contributed by atoms with Crippen molar-refractivity contribution in [1.82, 2.24) is 9.21 Å². The van der Waals surface area contributed by atoms with Gasteiger partial charge in [0.25, 0.3) is 0 Å². The van der Waals surface area contributed by atoms with Crippen LogP contribution in [0.25, 0.3) is 0 Å². The number of benzene rings is 1. The van der Waals surface area contributed by atoms with Gasteiger partial charge in [0.05, 0.1) is 5.02 Å². The van der Waals surface area contributed by atoms with E-state index in [0.717, 1.165) is 0 Å². The van der Waals surface area contributed by atoms with E-state index in [2.05, 4.69) is 11.8 Å². The van der Waals surface area contributed by atoms with Gasteiger partial charge in [0.2, 0.25) is 10.0 Å². The summed E-state index contributed by atoms with van der Waals surface area (Å²) in [5.74, 6) is 5.17. The molecule has 0 atom stereocenters. The third-order valence-corrected chi connectivity index (χ3v) is 5.13. The highest BCUT2D eigenvalue weighted by atomic mass is 35.5. The van der Waals surface area contributed by atoms with Crippen molar-refractivity contribution in [1.29, 1.82) is 0 Å². The van der Waals surface area contributed by atoms with Crippen LogP contribution in [0.5, 0.6) is 0 Å². The molecule has 1 N–H and O–H groups in total. The first-order chi connectivity index (χ1) is 9.78. The number of sulfonamides is 1. The highest BCUT2D eigenvalue weighted by Gasteiger charge is 2.23. The van der Waals surface area contributed by atoms with Gasteiger partial charge in [0.15, 0.2) is 0 Å². The second-order valence-electron chi connectivity index (χ2n) is 4.73. The van der Waals surface area contributed by atoms with Crippen molar-refractivity contribution in [3.63, 3.8) is 0 Å². The molecule has 0 heterocycles. The van der Waals surface area contributed by atoms with Crippen LogP contribution in [0.15, 0.2) is 23.1 Å².